The molecule has 1 atom stereocenters. The first-order chi connectivity index (χ1) is 14.0. The molecule has 1 aromatic heterocycles. The Morgan fingerprint density at radius 1 is 1.07 bits per heavy atom. The summed E-state index contributed by atoms with van der Waals surface area (Å²) in [5, 5.41) is 5.76. The molecule has 0 unspecified atom stereocenters. The fourth-order valence-corrected chi connectivity index (χ4v) is 3.42. The Balaban J connectivity index is 1.47. The summed E-state index contributed by atoms with van der Waals surface area (Å²) in [6.45, 7) is 3.50. The van der Waals surface area contributed by atoms with E-state index in [2.05, 4.69) is 5.32 Å². The van der Waals surface area contributed by atoms with E-state index in [0.717, 1.165) is 32.9 Å². The molecule has 3 aromatic carbocycles. The van der Waals surface area contributed by atoms with Gasteiger partial charge >= 0.3 is 5.97 Å². The molecule has 0 fully saturated rings. The third-order valence-corrected chi connectivity index (χ3v) is 4.84. The lowest BCUT2D eigenvalue weighted by Gasteiger charge is -2.13. The highest BCUT2D eigenvalue weighted by Crippen LogP contribution is 2.30. The van der Waals surface area contributed by atoms with Gasteiger partial charge in [0, 0.05) is 16.6 Å². The molecule has 0 saturated carbocycles. The van der Waals surface area contributed by atoms with E-state index in [4.69, 9.17) is 9.15 Å². The summed E-state index contributed by atoms with van der Waals surface area (Å²) in [4.78, 5) is 24.8. The summed E-state index contributed by atoms with van der Waals surface area (Å²) in [6.07, 6.45) is 0.705. The average molecular weight is 387 g/mol. The van der Waals surface area contributed by atoms with Crippen molar-refractivity contribution in [1.82, 2.24) is 0 Å². The zero-order chi connectivity index (χ0) is 20.4. The highest BCUT2D eigenvalue weighted by molar-refractivity contribution is 6.08. The van der Waals surface area contributed by atoms with Gasteiger partial charge in [-0.2, -0.15) is 0 Å². The number of rotatable bonds is 5. The van der Waals surface area contributed by atoms with Gasteiger partial charge in [0.15, 0.2) is 6.10 Å². The smallest absolute Gasteiger partial charge is 0.311 e. The predicted molar refractivity (Wildman–Crippen MR) is 113 cm³/mol. The number of carbonyl (C=O) groups excluding carboxylic acids is 2. The van der Waals surface area contributed by atoms with Gasteiger partial charge in [0.05, 0.1) is 12.7 Å². The molecule has 146 valence electrons. The van der Waals surface area contributed by atoms with Gasteiger partial charge in [-0.1, -0.05) is 42.5 Å². The van der Waals surface area contributed by atoms with Crippen molar-refractivity contribution in [3.63, 3.8) is 0 Å². The predicted octanol–water partition coefficient (Wildman–Crippen LogP) is 5.01. The molecular formula is C24H21NO4. The molecular weight excluding hydrogens is 366 g/mol. The minimum atomic E-state index is -0.905. The minimum absolute atomic E-state index is 0.0308. The summed E-state index contributed by atoms with van der Waals surface area (Å²) >= 11 is 0. The van der Waals surface area contributed by atoms with E-state index < -0.39 is 12.1 Å². The van der Waals surface area contributed by atoms with Gasteiger partial charge in [-0.3, -0.25) is 9.59 Å². The molecule has 0 radical (unpaired) electrons. The molecule has 5 nitrogen and oxygen atoms in total. The zero-order valence-corrected chi connectivity index (χ0v) is 16.3. The second-order valence-electron chi connectivity index (χ2n) is 7.09. The molecule has 1 amide bonds. The molecule has 0 saturated heterocycles. The number of benzene rings is 3. The van der Waals surface area contributed by atoms with Gasteiger partial charge in [0.25, 0.3) is 5.91 Å². The van der Waals surface area contributed by atoms with Crippen LogP contribution in [0.2, 0.25) is 0 Å². The number of esters is 1. The van der Waals surface area contributed by atoms with Crippen LogP contribution < -0.4 is 5.32 Å². The minimum Gasteiger partial charge on any atom is -0.464 e. The monoisotopic (exact) mass is 387 g/mol. The number of carbonyl (C=O) groups is 2. The fraction of sp³-hybridized carbons (Fsp3) is 0.167. The van der Waals surface area contributed by atoms with E-state index in [1.165, 1.54) is 0 Å². The van der Waals surface area contributed by atoms with Crippen molar-refractivity contribution >= 4 is 39.3 Å². The maximum atomic E-state index is 12.5. The Kier molecular flexibility index (Phi) is 5.04. The van der Waals surface area contributed by atoms with E-state index in [1.54, 1.807) is 19.3 Å². The number of furan rings is 1. The third-order valence-electron chi connectivity index (χ3n) is 4.84. The van der Waals surface area contributed by atoms with Crippen LogP contribution in [-0.2, 0) is 20.7 Å². The van der Waals surface area contributed by atoms with Crippen LogP contribution in [0.25, 0.3) is 21.7 Å². The second kappa shape index (κ2) is 7.80. The molecule has 0 aliphatic heterocycles. The Hall–Kier alpha value is -3.60. The second-order valence-corrected chi connectivity index (χ2v) is 7.09. The molecule has 29 heavy (non-hydrogen) atoms. The van der Waals surface area contributed by atoms with Crippen LogP contribution in [0.3, 0.4) is 0 Å². The summed E-state index contributed by atoms with van der Waals surface area (Å²) in [5.74, 6) is -0.848. The standard InChI is InChI=1S/C24H21NO4/c1-15-6-5-8-19(12-15)25-24(27)16(2)29-22(26)13-18-14-28-21-11-10-17-7-3-4-9-20(17)23(18)21/h3-12,14,16H,13H2,1-2H3,(H,25,27)/t16-/m1/s1. The first-order valence-corrected chi connectivity index (χ1v) is 9.46. The van der Waals surface area contributed by atoms with Crippen LogP contribution in [0.4, 0.5) is 5.69 Å². The van der Waals surface area contributed by atoms with Crippen molar-refractivity contribution in [2.75, 3.05) is 5.32 Å². The summed E-state index contributed by atoms with van der Waals surface area (Å²) < 4.78 is 11.0. The van der Waals surface area contributed by atoms with Gasteiger partial charge in [0.1, 0.15) is 5.58 Å². The first-order valence-electron chi connectivity index (χ1n) is 9.46. The number of hydrogen-bond donors (Lipinski definition) is 1. The number of hydrogen-bond acceptors (Lipinski definition) is 4. The normalized spacial score (nSPS) is 12.1. The number of nitrogens with one attached hydrogen (secondary N) is 1. The van der Waals surface area contributed by atoms with E-state index >= 15 is 0 Å². The Morgan fingerprint density at radius 3 is 2.72 bits per heavy atom. The summed E-state index contributed by atoms with van der Waals surface area (Å²) in [6, 6.07) is 19.3. The van der Waals surface area contributed by atoms with Gasteiger partial charge in [-0.25, -0.2) is 0 Å². The highest BCUT2D eigenvalue weighted by Gasteiger charge is 2.20. The van der Waals surface area contributed by atoms with E-state index in [9.17, 15) is 9.59 Å². The van der Waals surface area contributed by atoms with Crippen molar-refractivity contribution in [3.05, 3.63) is 78.1 Å². The van der Waals surface area contributed by atoms with Gasteiger partial charge in [-0.15, -0.1) is 0 Å². The van der Waals surface area contributed by atoms with E-state index in [1.807, 2.05) is 61.5 Å². The number of anilines is 1. The molecule has 1 N–H and O–H groups in total. The first kappa shape index (κ1) is 18.7. The molecule has 5 heteroatoms. The van der Waals surface area contributed by atoms with Crippen LogP contribution in [0, 0.1) is 6.92 Å². The van der Waals surface area contributed by atoms with Crippen molar-refractivity contribution in [2.45, 2.75) is 26.4 Å². The largest absolute Gasteiger partial charge is 0.464 e. The van der Waals surface area contributed by atoms with Gasteiger partial charge < -0.3 is 14.5 Å². The van der Waals surface area contributed by atoms with E-state index in [0.29, 0.717) is 5.69 Å². The quantitative estimate of drug-likeness (QED) is 0.489. The lowest BCUT2D eigenvalue weighted by Crippen LogP contribution is -2.30. The summed E-state index contributed by atoms with van der Waals surface area (Å²) in [5.41, 5.74) is 3.17. The molecule has 0 bridgehead atoms. The van der Waals surface area contributed by atoms with Crippen molar-refractivity contribution < 1.29 is 18.7 Å². The summed E-state index contributed by atoms with van der Waals surface area (Å²) in [7, 11) is 0. The molecule has 0 spiro atoms. The highest BCUT2D eigenvalue weighted by atomic mass is 16.5. The molecule has 0 aliphatic rings. The van der Waals surface area contributed by atoms with Crippen LogP contribution in [0.15, 0.2) is 71.3 Å². The Bertz CT molecular complexity index is 1210. The SMILES string of the molecule is Cc1cccc(NC(=O)[C@@H](C)OC(=O)Cc2coc3ccc4ccccc4c23)c1. The van der Waals surface area contributed by atoms with Crippen LogP contribution >= 0.6 is 0 Å². The number of fused-ring (bicyclic) bond motifs is 3. The van der Waals surface area contributed by atoms with Crippen molar-refractivity contribution in [1.29, 1.82) is 0 Å². The Labute approximate surface area is 168 Å². The van der Waals surface area contributed by atoms with Crippen LogP contribution in [-0.4, -0.2) is 18.0 Å². The van der Waals surface area contributed by atoms with Crippen molar-refractivity contribution in [2.24, 2.45) is 0 Å². The van der Waals surface area contributed by atoms with Crippen molar-refractivity contribution in [3.8, 4) is 0 Å². The fourth-order valence-electron chi connectivity index (χ4n) is 3.42. The molecule has 1 heterocycles. The van der Waals surface area contributed by atoms with Crippen LogP contribution in [0.1, 0.15) is 18.1 Å². The van der Waals surface area contributed by atoms with Gasteiger partial charge in [-0.05, 0) is 48.4 Å². The topological polar surface area (TPSA) is 68.5 Å². The Morgan fingerprint density at radius 2 is 1.90 bits per heavy atom. The zero-order valence-electron chi connectivity index (χ0n) is 16.3. The number of amides is 1. The van der Waals surface area contributed by atoms with Crippen LogP contribution in [0.5, 0.6) is 0 Å². The molecule has 0 aliphatic carbocycles. The lowest BCUT2D eigenvalue weighted by molar-refractivity contribution is -0.152. The molecule has 4 aromatic rings. The number of aryl methyl sites for hydroxylation is 1. The lowest BCUT2D eigenvalue weighted by atomic mass is 10.0. The molecule has 4 rings (SSSR count). The maximum Gasteiger partial charge on any atom is 0.311 e. The average Bonchev–Trinajstić information content (AvgIpc) is 3.11. The van der Waals surface area contributed by atoms with E-state index in [-0.39, 0.29) is 12.3 Å². The maximum absolute atomic E-state index is 12.5. The third kappa shape index (κ3) is 3.99. The number of ether oxygens (including phenoxy) is 1. The van der Waals surface area contributed by atoms with Gasteiger partial charge in [0.2, 0.25) is 0 Å².